The molecule has 0 saturated carbocycles. The average Bonchev–Trinajstić information content (AvgIpc) is 2.69. The molecule has 0 aromatic heterocycles. The van der Waals surface area contributed by atoms with E-state index in [0.717, 1.165) is 12.7 Å². The smallest absolute Gasteiger partial charge is 0.326 e. The highest BCUT2D eigenvalue weighted by molar-refractivity contribution is 7.88. The molecule has 6 nitrogen and oxygen atoms in total. The summed E-state index contributed by atoms with van der Waals surface area (Å²) in [6.07, 6.45) is 2.77. The Kier molecular flexibility index (Phi) is 5.08. The summed E-state index contributed by atoms with van der Waals surface area (Å²) in [7, 11) is -1.69. The Balaban J connectivity index is 2.86. The molecule has 0 spiro atoms. The summed E-state index contributed by atoms with van der Waals surface area (Å²) in [4.78, 5) is 14.1. The molecule has 118 valence electrons. The predicted molar refractivity (Wildman–Crippen MR) is 79.6 cm³/mol. The molecule has 0 radical (unpaired) electrons. The van der Waals surface area contributed by atoms with Crippen LogP contribution < -0.4 is 0 Å². The van der Waals surface area contributed by atoms with Gasteiger partial charge in [0, 0.05) is 26.2 Å². The van der Waals surface area contributed by atoms with Crippen LogP contribution in [0, 0.1) is 5.41 Å². The van der Waals surface area contributed by atoms with Gasteiger partial charge in [0.1, 0.15) is 0 Å². The van der Waals surface area contributed by atoms with E-state index in [9.17, 15) is 13.2 Å². The van der Waals surface area contributed by atoms with Crippen molar-refractivity contribution in [2.24, 2.45) is 5.41 Å². The van der Waals surface area contributed by atoms with Crippen molar-refractivity contribution in [2.45, 2.75) is 46.6 Å². The molecule has 1 rings (SSSR count). The van der Waals surface area contributed by atoms with Gasteiger partial charge in [0.05, 0.1) is 6.26 Å². The van der Waals surface area contributed by atoms with E-state index in [2.05, 4.69) is 20.8 Å². The second kappa shape index (κ2) is 5.89. The zero-order valence-corrected chi connectivity index (χ0v) is 14.2. The summed E-state index contributed by atoms with van der Waals surface area (Å²) in [6, 6.07) is -0.414. The molecule has 0 aromatic rings. The second-order valence-corrected chi connectivity index (χ2v) is 8.29. The fraction of sp³-hybridized carbons (Fsp3) is 0.923. The minimum absolute atomic E-state index is 0.0195. The maximum atomic E-state index is 12.5. The molecule has 1 heterocycles. The van der Waals surface area contributed by atoms with Gasteiger partial charge in [-0.2, -0.15) is 0 Å². The Hall–Kier alpha value is -0.820. The van der Waals surface area contributed by atoms with Crippen LogP contribution in [0.5, 0.6) is 0 Å². The summed E-state index contributed by atoms with van der Waals surface area (Å²) in [6.45, 7) is 9.15. The maximum Gasteiger partial charge on any atom is 0.335 e. The highest BCUT2D eigenvalue weighted by Crippen LogP contribution is 2.25. The van der Waals surface area contributed by atoms with Crippen molar-refractivity contribution in [3.05, 3.63) is 0 Å². The van der Waals surface area contributed by atoms with Gasteiger partial charge in [0.2, 0.25) is 10.0 Å². The number of rotatable bonds is 4. The fourth-order valence-corrected chi connectivity index (χ4v) is 3.73. The third kappa shape index (κ3) is 3.85. The number of hydrazine groups is 1. The molecule has 2 amide bonds. The first-order chi connectivity index (χ1) is 8.99. The van der Waals surface area contributed by atoms with Crippen LogP contribution in [0.25, 0.3) is 0 Å². The zero-order valence-electron chi connectivity index (χ0n) is 13.4. The van der Waals surface area contributed by atoms with E-state index < -0.39 is 10.0 Å². The van der Waals surface area contributed by atoms with Crippen LogP contribution in [-0.2, 0) is 10.0 Å². The van der Waals surface area contributed by atoms with E-state index in [1.807, 2.05) is 6.92 Å². The monoisotopic (exact) mass is 305 g/mol. The third-order valence-electron chi connectivity index (χ3n) is 3.88. The van der Waals surface area contributed by atoms with Crippen LogP contribution in [0.1, 0.15) is 40.5 Å². The molecule has 0 aromatic carbocycles. The number of amides is 2. The highest BCUT2D eigenvalue weighted by Gasteiger charge is 2.40. The lowest BCUT2D eigenvalue weighted by Gasteiger charge is -2.35. The van der Waals surface area contributed by atoms with E-state index in [1.54, 1.807) is 11.9 Å². The number of carbonyl (C=O) groups is 1. The normalized spacial score (nSPS) is 21.3. The second-order valence-electron chi connectivity index (χ2n) is 6.45. The van der Waals surface area contributed by atoms with E-state index in [1.165, 1.54) is 9.42 Å². The molecule has 1 aliphatic heterocycles. The van der Waals surface area contributed by atoms with E-state index in [4.69, 9.17) is 0 Å². The van der Waals surface area contributed by atoms with Crippen LogP contribution in [0.3, 0.4) is 0 Å². The van der Waals surface area contributed by atoms with E-state index in [0.29, 0.717) is 19.5 Å². The Morgan fingerprint density at radius 2 is 1.95 bits per heavy atom. The molecule has 0 bridgehead atoms. The lowest BCUT2D eigenvalue weighted by atomic mass is 9.90. The van der Waals surface area contributed by atoms with Crippen LogP contribution >= 0.6 is 0 Å². The first kappa shape index (κ1) is 17.2. The predicted octanol–water partition coefficient (Wildman–Crippen LogP) is 1.75. The summed E-state index contributed by atoms with van der Waals surface area (Å²) in [5.41, 5.74) is 0.0195. The number of urea groups is 1. The van der Waals surface area contributed by atoms with Crippen molar-refractivity contribution < 1.29 is 13.2 Å². The lowest BCUT2D eigenvalue weighted by molar-refractivity contribution is 0.0836. The van der Waals surface area contributed by atoms with Crippen molar-refractivity contribution >= 4 is 16.1 Å². The number of carbonyl (C=O) groups excluding carboxylic acids is 1. The number of hydrogen-bond donors (Lipinski definition) is 0. The van der Waals surface area contributed by atoms with Gasteiger partial charge in [-0.05, 0) is 25.2 Å². The molecule has 1 unspecified atom stereocenters. The number of sulfonamides is 1. The maximum absolute atomic E-state index is 12.5. The molecule has 1 saturated heterocycles. The molecule has 1 aliphatic rings. The standard InChI is InChI=1S/C13H27N3O3S/c1-7-13(3,4)10-14(5)12(17)15-9-8-11(2)16(15)20(6,18)19/h11H,7-10H2,1-6H3. The van der Waals surface area contributed by atoms with Crippen molar-refractivity contribution in [2.75, 3.05) is 26.4 Å². The van der Waals surface area contributed by atoms with E-state index in [-0.39, 0.29) is 17.5 Å². The van der Waals surface area contributed by atoms with Crippen molar-refractivity contribution in [3.8, 4) is 0 Å². The molecular weight excluding hydrogens is 278 g/mol. The topological polar surface area (TPSA) is 60.9 Å². The van der Waals surface area contributed by atoms with E-state index >= 15 is 0 Å². The minimum Gasteiger partial charge on any atom is -0.326 e. The molecule has 7 heteroatoms. The number of hydrogen-bond acceptors (Lipinski definition) is 3. The van der Waals surface area contributed by atoms with Crippen LogP contribution in [0.2, 0.25) is 0 Å². The number of nitrogens with zero attached hydrogens (tertiary/aromatic N) is 3. The third-order valence-corrected chi connectivity index (χ3v) is 5.12. The SMILES string of the molecule is CCC(C)(C)CN(C)C(=O)N1CCC(C)N1S(C)(=O)=O. The van der Waals surface area contributed by atoms with Gasteiger partial charge in [-0.15, -0.1) is 4.41 Å². The minimum atomic E-state index is -3.42. The van der Waals surface area contributed by atoms with Crippen LogP contribution in [0.4, 0.5) is 4.79 Å². The molecule has 1 fully saturated rings. The molecular formula is C13H27N3O3S. The quantitative estimate of drug-likeness (QED) is 0.795. The summed E-state index contributed by atoms with van der Waals surface area (Å²) in [5.74, 6) is 0. The Morgan fingerprint density at radius 3 is 2.40 bits per heavy atom. The highest BCUT2D eigenvalue weighted by atomic mass is 32.2. The van der Waals surface area contributed by atoms with Gasteiger partial charge >= 0.3 is 6.03 Å². The van der Waals surface area contributed by atoms with Gasteiger partial charge in [0.25, 0.3) is 0 Å². The van der Waals surface area contributed by atoms with Crippen molar-refractivity contribution in [3.63, 3.8) is 0 Å². The van der Waals surface area contributed by atoms with Gasteiger partial charge in [-0.1, -0.05) is 20.8 Å². The van der Waals surface area contributed by atoms with Gasteiger partial charge in [0.15, 0.2) is 0 Å². The lowest BCUT2D eigenvalue weighted by Crippen LogP contribution is -2.52. The zero-order chi connectivity index (χ0) is 15.7. The fourth-order valence-electron chi connectivity index (χ4n) is 2.46. The van der Waals surface area contributed by atoms with Gasteiger partial charge < -0.3 is 4.90 Å². The summed E-state index contributed by atoms with van der Waals surface area (Å²) in [5, 5.41) is 1.35. The first-order valence-corrected chi connectivity index (χ1v) is 8.86. The summed E-state index contributed by atoms with van der Waals surface area (Å²) >= 11 is 0. The van der Waals surface area contributed by atoms with Crippen LogP contribution in [-0.4, -0.2) is 61.2 Å². The molecule has 0 aliphatic carbocycles. The first-order valence-electron chi connectivity index (χ1n) is 7.01. The Labute approximate surface area is 122 Å². The molecule has 1 atom stereocenters. The Morgan fingerprint density at radius 1 is 1.40 bits per heavy atom. The van der Waals surface area contributed by atoms with Gasteiger partial charge in [-0.25, -0.2) is 18.2 Å². The summed E-state index contributed by atoms with van der Waals surface area (Å²) < 4.78 is 24.9. The van der Waals surface area contributed by atoms with Crippen LogP contribution in [0.15, 0.2) is 0 Å². The largest absolute Gasteiger partial charge is 0.335 e. The van der Waals surface area contributed by atoms with Gasteiger partial charge in [-0.3, -0.25) is 0 Å². The van der Waals surface area contributed by atoms with Crippen molar-refractivity contribution in [1.82, 2.24) is 14.3 Å². The van der Waals surface area contributed by atoms with Crippen molar-refractivity contribution in [1.29, 1.82) is 0 Å². The molecule has 20 heavy (non-hydrogen) atoms. The average molecular weight is 305 g/mol. The Bertz CT molecular complexity index is 461. The molecule has 0 N–H and O–H groups in total.